The van der Waals surface area contributed by atoms with E-state index in [0.717, 1.165) is 22.7 Å². The van der Waals surface area contributed by atoms with Crippen LogP contribution in [0.5, 0.6) is 5.75 Å². The Balaban J connectivity index is 1.82. The zero-order chi connectivity index (χ0) is 19.8. The van der Waals surface area contributed by atoms with Crippen molar-refractivity contribution in [3.63, 3.8) is 0 Å². The van der Waals surface area contributed by atoms with Gasteiger partial charge < -0.3 is 4.74 Å². The molecule has 0 radical (unpaired) electrons. The van der Waals surface area contributed by atoms with E-state index in [1.165, 1.54) is 11.8 Å². The Morgan fingerprint density at radius 3 is 2.36 bits per heavy atom. The van der Waals surface area contributed by atoms with Crippen molar-refractivity contribution in [1.29, 1.82) is 0 Å². The number of anilines is 1. The molecule has 1 fully saturated rings. The summed E-state index contributed by atoms with van der Waals surface area (Å²) in [6.07, 6.45) is 0. The van der Waals surface area contributed by atoms with Crippen molar-refractivity contribution in [3.05, 3.63) is 76.2 Å². The fourth-order valence-electron chi connectivity index (χ4n) is 3.51. The van der Waals surface area contributed by atoms with Crippen molar-refractivity contribution in [2.24, 2.45) is 7.05 Å². The van der Waals surface area contributed by atoms with Gasteiger partial charge >= 0.3 is 0 Å². The molecule has 28 heavy (non-hydrogen) atoms. The first-order chi connectivity index (χ1) is 13.5. The van der Waals surface area contributed by atoms with Gasteiger partial charge in [0, 0.05) is 7.05 Å². The van der Waals surface area contributed by atoms with Crippen molar-refractivity contribution >= 4 is 23.4 Å². The zero-order valence-electron chi connectivity index (χ0n) is 16.0. The standard InChI is InChI=1S/C21H21N3O3S/c1-14-19(20(26)24(22(14)2)16-7-5-4-6-8-16)23-18(25)13-28-21(23)15-9-11-17(27-3)12-10-15/h4-12,21H,13H2,1-3H3/t21-/m0/s1. The Bertz CT molecular complexity index is 1070. The summed E-state index contributed by atoms with van der Waals surface area (Å²) in [7, 11) is 3.46. The highest BCUT2D eigenvalue weighted by Crippen LogP contribution is 2.42. The van der Waals surface area contributed by atoms with Crippen LogP contribution in [0.25, 0.3) is 5.69 Å². The molecular formula is C21H21N3O3S. The van der Waals surface area contributed by atoms with E-state index in [0.29, 0.717) is 11.4 Å². The molecule has 0 spiro atoms. The third-order valence-electron chi connectivity index (χ3n) is 5.03. The van der Waals surface area contributed by atoms with E-state index in [-0.39, 0.29) is 16.8 Å². The second-order valence-electron chi connectivity index (χ2n) is 6.61. The van der Waals surface area contributed by atoms with E-state index in [1.54, 1.807) is 21.4 Å². The number of ether oxygens (including phenoxy) is 1. The number of hydrogen-bond acceptors (Lipinski definition) is 4. The minimum atomic E-state index is -0.239. The van der Waals surface area contributed by atoms with Crippen LogP contribution in [0, 0.1) is 6.92 Å². The van der Waals surface area contributed by atoms with Gasteiger partial charge in [0.05, 0.1) is 24.2 Å². The highest BCUT2D eigenvalue weighted by atomic mass is 32.2. The Labute approximate surface area is 167 Å². The molecule has 0 aliphatic carbocycles. The molecule has 2 heterocycles. The number of nitrogens with zero attached hydrogens (tertiary/aromatic N) is 3. The van der Waals surface area contributed by atoms with Crippen LogP contribution in [0.4, 0.5) is 5.69 Å². The van der Waals surface area contributed by atoms with E-state index in [1.807, 2.05) is 68.6 Å². The Morgan fingerprint density at radius 2 is 1.71 bits per heavy atom. The molecule has 4 rings (SSSR count). The predicted octanol–water partition coefficient (Wildman–Crippen LogP) is 3.27. The normalized spacial score (nSPS) is 16.6. The van der Waals surface area contributed by atoms with Crippen molar-refractivity contribution in [3.8, 4) is 11.4 Å². The molecule has 1 atom stereocenters. The highest BCUT2D eigenvalue weighted by molar-refractivity contribution is 8.00. The predicted molar refractivity (Wildman–Crippen MR) is 111 cm³/mol. The van der Waals surface area contributed by atoms with Gasteiger partial charge in [0.2, 0.25) is 5.91 Å². The molecule has 1 aliphatic rings. The highest BCUT2D eigenvalue weighted by Gasteiger charge is 2.38. The van der Waals surface area contributed by atoms with Crippen molar-refractivity contribution < 1.29 is 9.53 Å². The third kappa shape index (κ3) is 2.92. The molecule has 0 bridgehead atoms. The molecule has 144 valence electrons. The van der Waals surface area contributed by atoms with Crippen LogP contribution in [0.1, 0.15) is 16.6 Å². The Kier molecular flexibility index (Phi) is 4.77. The summed E-state index contributed by atoms with van der Waals surface area (Å²) < 4.78 is 8.63. The fourth-order valence-corrected chi connectivity index (χ4v) is 4.67. The van der Waals surface area contributed by atoms with Crippen molar-refractivity contribution in [2.45, 2.75) is 12.3 Å². The van der Waals surface area contributed by atoms with Gasteiger partial charge in [-0.2, -0.15) is 0 Å². The van der Waals surface area contributed by atoms with Crippen LogP contribution in [-0.4, -0.2) is 28.1 Å². The molecule has 2 aromatic carbocycles. The summed E-state index contributed by atoms with van der Waals surface area (Å²) in [5, 5.41) is -0.239. The monoisotopic (exact) mass is 395 g/mol. The SMILES string of the molecule is COc1ccc([C@@H]2SCC(=O)N2c2c(C)n(C)n(-c3ccccc3)c2=O)cc1. The van der Waals surface area contributed by atoms with Crippen LogP contribution in [-0.2, 0) is 11.8 Å². The van der Waals surface area contributed by atoms with Gasteiger partial charge in [0.25, 0.3) is 5.56 Å². The molecule has 1 amide bonds. The quantitative estimate of drug-likeness (QED) is 0.680. The van der Waals surface area contributed by atoms with Gasteiger partial charge in [0.15, 0.2) is 0 Å². The summed E-state index contributed by atoms with van der Waals surface area (Å²) in [5.41, 5.74) is 2.72. The van der Waals surface area contributed by atoms with Crippen LogP contribution in [0.2, 0.25) is 0 Å². The number of amides is 1. The number of rotatable bonds is 4. The lowest BCUT2D eigenvalue weighted by atomic mass is 10.2. The second-order valence-corrected chi connectivity index (χ2v) is 7.68. The first-order valence-corrected chi connectivity index (χ1v) is 9.99. The number of thioether (sulfide) groups is 1. The maximum absolute atomic E-state index is 13.3. The number of hydrogen-bond donors (Lipinski definition) is 0. The average molecular weight is 395 g/mol. The second kappa shape index (κ2) is 7.24. The van der Waals surface area contributed by atoms with E-state index < -0.39 is 0 Å². The molecular weight excluding hydrogens is 374 g/mol. The van der Waals surface area contributed by atoms with Gasteiger partial charge in [-0.15, -0.1) is 11.8 Å². The minimum Gasteiger partial charge on any atom is -0.497 e. The van der Waals surface area contributed by atoms with Crippen molar-refractivity contribution in [2.75, 3.05) is 17.8 Å². The van der Waals surface area contributed by atoms with Gasteiger partial charge in [-0.05, 0) is 36.8 Å². The van der Waals surface area contributed by atoms with Crippen LogP contribution >= 0.6 is 11.8 Å². The topological polar surface area (TPSA) is 56.5 Å². The molecule has 3 aromatic rings. The average Bonchev–Trinajstić information content (AvgIpc) is 3.19. The molecule has 0 unspecified atom stereocenters. The number of carbonyl (C=O) groups is 1. The lowest BCUT2D eigenvalue weighted by molar-refractivity contribution is -0.115. The number of benzene rings is 2. The zero-order valence-corrected chi connectivity index (χ0v) is 16.8. The summed E-state index contributed by atoms with van der Waals surface area (Å²) in [6.45, 7) is 1.87. The Hall–Kier alpha value is -2.93. The molecule has 7 heteroatoms. The fraction of sp³-hybridized carbons (Fsp3) is 0.238. The maximum Gasteiger partial charge on any atom is 0.295 e. The van der Waals surface area contributed by atoms with Crippen LogP contribution in [0.15, 0.2) is 59.4 Å². The van der Waals surface area contributed by atoms with E-state index in [4.69, 9.17) is 4.74 Å². The molecule has 0 N–H and O–H groups in total. The van der Waals surface area contributed by atoms with Crippen LogP contribution in [0.3, 0.4) is 0 Å². The lowest BCUT2D eigenvalue weighted by Gasteiger charge is -2.23. The summed E-state index contributed by atoms with van der Waals surface area (Å²) in [6, 6.07) is 17.1. The maximum atomic E-state index is 13.3. The molecule has 1 aromatic heterocycles. The summed E-state index contributed by atoms with van der Waals surface area (Å²) in [5.74, 6) is 1.04. The Morgan fingerprint density at radius 1 is 1.04 bits per heavy atom. The van der Waals surface area contributed by atoms with E-state index in [9.17, 15) is 9.59 Å². The number of methoxy groups -OCH3 is 1. The smallest absolute Gasteiger partial charge is 0.295 e. The largest absolute Gasteiger partial charge is 0.497 e. The first kappa shape index (κ1) is 18.4. The number of carbonyl (C=O) groups excluding carboxylic acids is 1. The molecule has 0 saturated carbocycles. The van der Waals surface area contributed by atoms with E-state index in [2.05, 4.69) is 0 Å². The van der Waals surface area contributed by atoms with Gasteiger partial charge in [-0.1, -0.05) is 30.3 Å². The van der Waals surface area contributed by atoms with Gasteiger partial charge in [-0.3, -0.25) is 19.2 Å². The summed E-state index contributed by atoms with van der Waals surface area (Å²) in [4.78, 5) is 27.7. The molecule has 6 nitrogen and oxygen atoms in total. The first-order valence-electron chi connectivity index (χ1n) is 8.94. The molecule has 1 aliphatic heterocycles. The molecule has 1 saturated heterocycles. The number of para-hydroxylation sites is 1. The summed E-state index contributed by atoms with van der Waals surface area (Å²) >= 11 is 1.53. The van der Waals surface area contributed by atoms with Crippen molar-refractivity contribution in [1.82, 2.24) is 9.36 Å². The van der Waals surface area contributed by atoms with Gasteiger partial charge in [0.1, 0.15) is 16.8 Å². The van der Waals surface area contributed by atoms with Crippen LogP contribution < -0.4 is 15.2 Å². The number of aromatic nitrogens is 2. The lowest BCUT2D eigenvalue weighted by Crippen LogP contribution is -2.33. The minimum absolute atomic E-state index is 0.0585. The van der Waals surface area contributed by atoms with Gasteiger partial charge in [-0.25, -0.2) is 4.68 Å². The van der Waals surface area contributed by atoms with E-state index >= 15 is 0 Å². The third-order valence-corrected chi connectivity index (χ3v) is 6.25.